The first-order valence-electron chi connectivity index (χ1n) is 6.20. The number of hydrogen-bond acceptors (Lipinski definition) is 2. The quantitative estimate of drug-likeness (QED) is 0.446. The number of halogens is 2. The van der Waals surface area contributed by atoms with Crippen molar-refractivity contribution < 1.29 is 9.31 Å². The molecule has 0 aliphatic carbocycles. The minimum absolute atomic E-state index is 0.182. The molecule has 0 saturated heterocycles. The summed E-state index contributed by atoms with van der Waals surface area (Å²) in [6, 6.07) is 14.0. The molecule has 0 radical (unpaired) electrons. The van der Waals surface area contributed by atoms with Crippen LogP contribution < -0.4 is 0 Å². The molecule has 0 amide bonds. The van der Waals surface area contributed by atoms with Gasteiger partial charge in [0.05, 0.1) is 4.92 Å². The van der Waals surface area contributed by atoms with E-state index in [4.69, 9.17) is 0 Å². The number of benzene rings is 2. The number of rotatable bonds is 5. The zero-order valence-electron chi connectivity index (χ0n) is 10.6. The van der Waals surface area contributed by atoms with E-state index in [1.165, 1.54) is 12.1 Å². The second-order valence-corrected chi connectivity index (χ2v) is 5.57. The van der Waals surface area contributed by atoms with E-state index >= 15 is 0 Å². The van der Waals surface area contributed by atoms with Gasteiger partial charge in [-0.05, 0) is 30.0 Å². The SMILES string of the molecule is O=[N+]([O-])c1ccc(CCC(Br)c2ccccc2)cc1F. The number of aryl methyl sites for hydroxylation is 1. The van der Waals surface area contributed by atoms with Gasteiger partial charge >= 0.3 is 5.69 Å². The summed E-state index contributed by atoms with van der Waals surface area (Å²) in [6.07, 6.45) is 1.45. The minimum Gasteiger partial charge on any atom is -0.258 e. The van der Waals surface area contributed by atoms with Gasteiger partial charge in [0, 0.05) is 10.9 Å². The molecule has 1 atom stereocenters. The summed E-state index contributed by atoms with van der Waals surface area (Å²) in [5.74, 6) is -0.779. The highest BCUT2D eigenvalue weighted by molar-refractivity contribution is 9.09. The molecule has 0 heterocycles. The first-order valence-corrected chi connectivity index (χ1v) is 7.11. The third-order valence-corrected chi connectivity index (χ3v) is 4.04. The van der Waals surface area contributed by atoms with Crippen LogP contribution >= 0.6 is 15.9 Å². The Morgan fingerprint density at radius 3 is 2.50 bits per heavy atom. The zero-order chi connectivity index (χ0) is 14.5. The highest BCUT2D eigenvalue weighted by atomic mass is 79.9. The van der Waals surface area contributed by atoms with Crippen molar-refractivity contribution in [3.8, 4) is 0 Å². The number of nitro groups is 1. The van der Waals surface area contributed by atoms with E-state index in [0.717, 1.165) is 17.5 Å². The molecule has 3 nitrogen and oxygen atoms in total. The van der Waals surface area contributed by atoms with Crippen molar-refractivity contribution in [2.45, 2.75) is 17.7 Å². The normalized spacial score (nSPS) is 12.1. The number of nitro benzene ring substituents is 1. The van der Waals surface area contributed by atoms with Gasteiger partial charge in [0.1, 0.15) is 0 Å². The fourth-order valence-corrected chi connectivity index (χ4v) is 2.51. The van der Waals surface area contributed by atoms with Crippen LogP contribution in [0.25, 0.3) is 0 Å². The molecule has 0 saturated carbocycles. The summed E-state index contributed by atoms with van der Waals surface area (Å²) in [6.45, 7) is 0. The van der Waals surface area contributed by atoms with Crippen molar-refractivity contribution in [2.24, 2.45) is 0 Å². The molecule has 0 aromatic heterocycles. The highest BCUT2D eigenvalue weighted by Crippen LogP contribution is 2.28. The Morgan fingerprint density at radius 2 is 1.90 bits per heavy atom. The van der Waals surface area contributed by atoms with Crippen LogP contribution in [0.15, 0.2) is 48.5 Å². The molecule has 0 bridgehead atoms. The summed E-state index contributed by atoms with van der Waals surface area (Å²) >= 11 is 3.60. The molecule has 2 aromatic rings. The number of hydrogen-bond donors (Lipinski definition) is 0. The number of nitrogens with zero attached hydrogens (tertiary/aromatic N) is 1. The lowest BCUT2D eigenvalue weighted by molar-refractivity contribution is -0.387. The van der Waals surface area contributed by atoms with Crippen LogP contribution in [0.2, 0.25) is 0 Å². The van der Waals surface area contributed by atoms with Gasteiger partial charge in [-0.15, -0.1) is 0 Å². The fraction of sp³-hybridized carbons (Fsp3) is 0.200. The Bertz CT molecular complexity index is 604. The molecule has 2 aromatic carbocycles. The highest BCUT2D eigenvalue weighted by Gasteiger charge is 2.14. The molecule has 0 aliphatic rings. The Balaban J connectivity index is 2.01. The maximum absolute atomic E-state index is 13.5. The second-order valence-electron chi connectivity index (χ2n) is 4.46. The van der Waals surface area contributed by atoms with Crippen molar-refractivity contribution in [1.29, 1.82) is 0 Å². The molecule has 20 heavy (non-hydrogen) atoms. The van der Waals surface area contributed by atoms with Gasteiger partial charge in [0.25, 0.3) is 0 Å². The standard InChI is InChI=1S/C15H13BrFNO2/c16-13(12-4-2-1-3-5-12)8-6-11-7-9-15(18(19)20)14(17)10-11/h1-5,7,9-10,13H,6,8H2. The van der Waals surface area contributed by atoms with E-state index in [2.05, 4.69) is 15.9 Å². The van der Waals surface area contributed by atoms with E-state index in [0.29, 0.717) is 6.42 Å². The first kappa shape index (κ1) is 14.7. The van der Waals surface area contributed by atoms with E-state index in [1.807, 2.05) is 30.3 Å². The molecule has 0 aliphatic heterocycles. The lowest BCUT2D eigenvalue weighted by Gasteiger charge is -2.10. The molecular weight excluding hydrogens is 325 g/mol. The number of alkyl halides is 1. The van der Waals surface area contributed by atoms with Gasteiger partial charge in [0.2, 0.25) is 5.82 Å². The maximum Gasteiger partial charge on any atom is 0.304 e. The van der Waals surface area contributed by atoms with Crippen molar-refractivity contribution in [3.05, 3.63) is 75.6 Å². The average Bonchev–Trinajstić information content (AvgIpc) is 2.45. The monoisotopic (exact) mass is 337 g/mol. The lowest BCUT2D eigenvalue weighted by atomic mass is 10.0. The van der Waals surface area contributed by atoms with Gasteiger partial charge in [-0.2, -0.15) is 4.39 Å². The summed E-state index contributed by atoms with van der Waals surface area (Å²) < 4.78 is 13.5. The van der Waals surface area contributed by atoms with Crippen molar-refractivity contribution >= 4 is 21.6 Å². The zero-order valence-corrected chi connectivity index (χ0v) is 12.2. The minimum atomic E-state index is -0.779. The van der Waals surface area contributed by atoms with Crippen molar-refractivity contribution in [2.75, 3.05) is 0 Å². The molecule has 0 N–H and O–H groups in total. The predicted octanol–water partition coefficient (Wildman–Crippen LogP) is 4.80. The van der Waals surface area contributed by atoms with Crippen LogP contribution in [-0.2, 0) is 6.42 Å². The van der Waals surface area contributed by atoms with Gasteiger partial charge in [-0.1, -0.05) is 52.3 Å². The van der Waals surface area contributed by atoms with Gasteiger partial charge in [0.15, 0.2) is 0 Å². The fourth-order valence-electron chi connectivity index (χ4n) is 1.98. The molecule has 0 spiro atoms. The summed E-state index contributed by atoms with van der Waals surface area (Å²) in [7, 11) is 0. The van der Waals surface area contributed by atoms with Crippen LogP contribution in [0.3, 0.4) is 0 Å². The Morgan fingerprint density at radius 1 is 1.20 bits per heavy atom. The predicted molar refractivity (Wildman–Crippen MR) is 79.5 cm³/mol. The van der Waals surface area contributed by atoms with E-state index in [1.54, 1.807) is 6.07 Å². The van der Waals surface area contributed by atoms with Gasteiger partial charge in [-0.25, -0.2) is 0 Å². The molecule has 5 heteroatoms. The van der Waals surface area contributed by atoms with Crippen molar-refractivity contribution in [3.63, 3.8) is 0 Å². The third-order valence-electron chi connectivity index (χ3n) is 3.06. The molecule has 2 rings (SSSR count). The molecular formula is C15H13BrFNO2. The third kappa shape index (κ3) is 3.63. The lowest BCUT2D eigenvalue weighted by Crippen LogP contribution is -1.96. The van der Waals surface area contributed by atoms with Gasteiger partial charge < -0.3 is 0 Å². The summed E-state index contributed by atoms with van der Waals surface area (Å²) in [4.78, 5) is 10.0. The first-order chi connectivity index (χ1) is 9.58. The Kier molecular flexibility index (Phi) is 4.84. The molecule has 1 unspecified atom stereocenters. The topological polar surface area (TPSA) is 43.1 Å². The van der Waals surface area contributed by atoms with Crippen LogP contribution in [0.4, 0.5) is 10.1 Å². The summed E-state index contributed by atoms with van der Waals surface area (Å²) in [5, 5.41) is 10.5. The average molecular weight is 338 g/mol. The van der Waals surface area contributed by atoms with Crippen LogP contribution in [0, 0.1) is 15.9 Å². The van der Waals surface area contributed by atoms with Crippen LogP contribution in [0.5, 0.6) is 0 Å². The largest absolute Gasteiger partial charge is 0.304 e. The van der Waals surface area contributed by atoms with Gasteiger partial charge in [-0.3, -0.25) is 10.1 Å². The van der Waals surface area contributed by atoms with E-state index in [-0.39, 0.29) is 4.83 Å². The van der Waals surface area contributed by atoms with E-state index < -0.39 is 16.4 Å². The second kappa shape index (κ2) is 6.61. The Hall–Kier alpha value is -1.75. The molecule has 104 valence electrons. The smallest absolute Gasteiger partial charge is 0.258 e. The van der Waals surface area contributed by atoms with E-state index in [9.17, 15) is 14.5 Å². The summed E-state index contributed by atoms with van der Waals surface area (Å²) in [5.41, 5.74) is 1.44. The molecule has 0 fully saturated rings. The van der Waals surface area contributed by atoms with Crippen LogP contribution in [0.1, 0.15) is 22.4 Å². The maximum atomic E-state index is 13.5. The Labute approximate surface area is 124 Å². The van der Waals surface area contributed by atoms with Crippen LogP contribution in [-0.4, -0.2) is 4.92 Å². The van der Waals surface area contributed by atoms with Crippen molar-refractivity contribution in [1.82, 2.24) is 0 Å².